The number of benzene rings is 1. The maximum absolute atomic E-state index is 12.4. The van der Waals surface area contributed by atoms with Crippen molar-refractivity contribution in [3.63, 3.8) is 0 Å². The zero-order chi connectivity index (χ0) is 16.8. The van der Waals surface area contributed by atoms with Gasteiger partial charge in [0.25, 0.3) is 0 Å². The first kappa shape index (κ1) is 17.0. The van der Waals surface area contributed by atoms with Crippen molar-refractivity contribution in [3.05, 3.63) is 35.4 Å². The molecule has 0 bridgehead atoms. The fraction of sp³-hybridized carbons (Fsp3) is 0.471. The van der Waals surface area contributed by atoms with E-state index in [0.717, 1.165) is 12.1 Å². The summed E-state index contributed by atoms with van der Waals surface area (Å²) in [4.78, 5) is 27.5. The van der Waals surface area contributed by atoms with Gasteiger partial charge in [-0.25, -0.2) is 0 Å². The summed E-state index contributed by atoms with van der Waals surface area (Å²) in [5.74, 6) is -0.130. The topological polar surface area (TPSA) is 76.4 Å². The maximum Gasteiger partial charge on any atom is 0.239 e. The number of nitrogens with zero attached hydrogens (tertiary/aromatic N) is 3. The van der Waals surface area contributed by atoms with Crippen LogP contribution in [0.2, 0.25) is 0 Å². The van der Waals surface area contributed by atoms with Crippen LogP contribution in [0, 0.1) is 11.3 Å². The molecule has 1 N–H and O–H groups in total. The monoisotopic (exact) mass is 314 g/mol. The van der Waals surface area contributed by atoms with Gasteiger partial charge in [-0.3, -0.25) is 14.5 Å². The second-order valence-corrected chi connectivity index (χ2v) is 5.64. The van der Waals surface area contributed by atoms with Crippen molar-refractivity contribution in [2.24, 2.45) is 0 Å². The molecule has 2 amide bonds. The lowest BCUT2D eigenvalue weighted by Crippen LogP contribution is -2.52. The van der Waals surface area contributed by atoms with E-state index in [1.807, 2.05) is 26.0 Å². The summed E-state index contributed by atoms with van der Waals surface area (Å²) >= 11 is 0. The quantitative estimate of drug-likeness (QED) is 0.876. The van der Waals surface area contributed by atoms with Gasteiger partial charge < -0.3 is 10.2 Å². The number of nitriles is 1. The Kier molecular flexibility index (Phi) is 5.72. The average Bonchev–Trinajstić information content (AvgIpc) is 2.59. The van der Waals surface area contributed by atoms with Crippen LogP contribution in [-0.2, 0) is 9.59 Å². The Morgan fingerprint density at radius 3 is 2.70 bits per heavy atom. The number of carbonyl (C=O) groups excluding carboxylic acids is 2. The van der Waals surface area contributed by atoms with Crippen LogP contribution in [0.15, 0.2) is 24.3 Å². The number of likely N-dealkylation sites (N-methyl/N-ethyl adjacent to an activating group) is 1. The summed E-state index contributed by atoms with van der Waals surface area (Å²) < 4.78 is 0. The molecule has 1 fully saturated rings. The van der Waals surface area contributed by atoms with E-state index in [0.29, 0.717) is 18.7 Å². The van der Waals surface area contributed by atoms with Crippen LogP contribution in [0.1, 0.15) is 31.0 Å². The number of rotatable bonds is 5. The standard InChI is InChI=1S/C17H22N4O2/c1-3-20(12-17(23)21-9-8-19-16(22)11-21)13(2)15-6-4-14(10-18)5-7-15/h4-7,13H,3,8-9,11-12H2,1-2H3,(H,19,22)/t13-/m0/s1. The van der Waals surface area contributed by atoms with E-state index >= 15 is 0 Å². The summed E-state index contributed by atoms with van der Waals surface area (Å²) in [7, 11) is 0. The van der Waals surface area contributed by atoms with Crippen LogP contribution < -0.4 is 5.32 Å². The van der Waals surface area contributed by atoms with Crippen LogP contribution >= 0.6 is 0 Å². The predicted molar refractivity (Wildman–Crippen MR) is 86.4 cm³/mol. The molecule has 0 spiro atoms. The third-order valence-electron chi connectivity index (χ3n) is 4.21. The molecule has 1 saturated heterocycles. The predicted octanol–water partition coefficient (Wildman–Crippen LogP) is 0.900. The van der Waals surface area contributed by atoms with Gasteiger partial charge in [-0.05, 0) is 31.2 Å². The van der Waals surface area contributed by atoms with E-state index in [1.165, 1.54) is 0 Å². The van der Waals surface area contributed by atoms with Gasteiger partial charge in [-0.15, -0.1) is 0 Å². The lowest BCUT2D eigenvalue weighted by atomic mass is 10.0. The molecule has 0 saturated carbocycles. The molecule has 1 aromatic rings. The Balaban J connectivity index is 2.01. The highest BCUT2D eigenvalue weighted by Crippen LogP contribution is 2.20. The molecule has 23 heavy (non-hydrogen) atoms. The summed E-state index contributed by atoms with van der Waals surface area (Å²) in [5.41, 5.74) is 1.69. The van der Waals surface area contributed by atoms with Crippen LogP contribution in [-0.4, -0.2) is 54.3 Å². The zero-order valence-corrected chi connectivity index (χ0v) is 13.6. The number of piperazine rings is 1. The molecule has 1 atom stereocenters. The van der Waals surface area contributed by atoms with E-state index in [4.69, 9.17) is 5.26 Å². The molecule has 1 aliphatic rings. The molecule has 1 heterocycles. The Labute approximate surface area is 136 Å². The second-order valence-electron chi connectivity index (χ2n) is 5.64. The Morgan fingerprint density at radius 2 is 2.13 bits per heavy atom. The van der Waals surface area contributed by atoms with E-state index < -0.39 is 0 Å². The molecule has 6 heteroatoms. The van der Waals surface area contributed by atoms with Crippen LogP contribution in [0.25, 0.3) is 0 Å². The minimum absolute atomic E-state index is 0.0257. The van der Waals surface area contributed by atoms with Crippen molar-refractivity contribution in [2.75, 3.05) is 32.7 Å². The molecule has 6 nitrogen and oxygen atoms in total. The van der Waals surface area contributed by atoms with Crippen LogP contribution in [0.3, 0.4) is 0 Å². The molecule has 1 aliphatic heterocycles. The van der Waals surface area contributed by atoms with E-state index in [1.54, 1.807) is 17.0 Å². The first-order valence-electron chi connectivity index (χ1n) is 7.83. The number of carbonyl (C=O) groups is 2. The Hall–Kier alpha value is -2.39. The minimum Gasteiger partial charge on any atom is -0.353 e. The van der Waals surface area contributed by atoms with Crippen molar-refractivity contribution in [3.8, 4) is 6.07 Å². The highest BCUT2D eigenvalue weighted by molar-refractivity contribution is 5.86. The largest absolute Gasteiger partial charge is 0.353 e. The smallest absolute Gasteiger partial charge is 0.239 e. The van der Waals surface area contributed by atoms with Gasteiger partial charge in [0.05, 0.1) is 24.7 Å². The van der Waals surface area contributed by atoms with Crippen molar-refractivity contribution in [1.29, 1.82) is 5.26 Å². The summed E-state index contributed by atoms with van der Waals surface area (Å²) in [6, 6.07) is 9.59. The van der Waals surface area contributed by atoms with Crippen LogP contribution in [0.4, 0.5) is 0 Å². The fourth-order valence-corrected chi connectivity index (χ4v) is 2.69. The molecular weight excluding hydrogens is 292 g/mol. The van der Waals surface area contributed by atoms with Gasteiger partial charge in [0.2, 0.25) is 11.8 Å². The van der Waals surface area contributed by atoms with Gasteiger partial charge in [0, 0.05) is 19.1 Å². The lowest BCUT2D eigenvalue weighted by Gasteiger charge is -2.32. The van der Waals surface area contributed by atoms with E-state index in [-0.39, 0.29) is 30.9 Å². The third-order valence-corrected chi connectivity index (χ3v) is 4.21. The SMILES string of the molecule is CCN(CC(=O)N1CCNC(=O)C1)[C@@H](C)c1ccc(C#N)cc1. The lowest BCUT2D eigenvalue weighted by molar-refractivity contribution is -0.139. The number of hydrogen-bond donors (Lipinski definition) is 1. The highest BCUT2D eigenvalue weighted by atomic mass is 16.2. The normalized spacial score (nSPS) is 15.9. The minimum atomic E-state index is -0.104. The van der Waals surface area contributed by atoms with Gasteiger partial charge >= 0.3 is 0 Å². The second kappa shape index (κ2) is 7.75. The van der Waals surface area contributed by atoms with E-state index in [2.05, 4.69) is 16.3 Å². The van der Waals surface area contributed by atoms with Crippen molar-refractivity contribution < 1.29 is 9.59 Å². The molecule has 1 aromatic carbocycles. The molecule has 2 rings (SSSR count). The summed E-state index contributed by atoms with van der Waals surface area (Å²) in [5, 5.41) is 11.6. The third kappa shape index (κ3) is 4.30. The van der Waals surface area contributed by atoms with Gasteiger partial charge in [0.1, 0.15) is 0 Å². The van der Waals surface area contributed by atoms with Crippen molar-refractivity contribution >= 4 is 11.8 Å². The summed E-state index contributed by atoms with van der Waals surface area (Å²) in [6.45, 7) is 6.28. The molecular formula is C17H22N4O2. The molecule has 0 radical (unpaired) electrons. The summed E-state index contributed by atoms with van der Waals surface area (Å²) in [6.07, 6.45) is 0. The molecule has 0 aliphatic carbocycles. The number of nitrogens with one attached hydrogen (secondary N) is 1. The van der Waals surface area contributed by atoms with Crippen molar-refractivity contribution in [1.82, 2.24) is 15.1 Å². The first-order chi connectivity index (χ1) is 11.0. The zero-order valence-electron chi connectivity index (χ0n) is 13.6. The van der Waals surface area contributed by atoms with Gasteiger partial charge in [-0.2, -0.15) is 5.26 Å². The average molecular weight is 314 g/mol. The Morgan fingerprint density at radius 1 is 1.43 bits per heavy atom. The van der Waals surface area contributed by atoms with Crippen LogP contribution in [0.5, 0.6) is 0 Å². The van der Waals surface area contributed by atoms with Gasteiger partial charge in [0.15, 0.2) is 0 Å². The van der Waals surface area contributed by atoms with Gasteiger partial charge in [-0.1, -0.05) is 19.1 Å². The van der Waals surface area contributed by atoms with E-state index in [9.17, 15) is 9.59 Å². The molecule has 0 aromatic heterocycles. The highest BCUT2D eigenvalue weighted by Gasteiger charge is 2.24. The number of amides is 2. The molecule has 122 valence electrons. The fourth-order valence-electron chi connectivity index (χ4n) is 2.69. The first-order valence-corrected chi connectivity index (χ1v) is 7.83. The van der Waals surface area contributed by atoms with Crippen molar-refractivity contribution in [2.45, 2.75) is 19.9 Å². The molecule has 0 unspecified atom stereocenters. The number of hydrogen-bond acceptors (Lipinski definition) is 4. The Bertz CT molecular complexity index is 606. The maximum atomic E-state index is 12.4.